The Kier molecular flexibility index (Phi) is 3.87. The van der Waals surface area contributed by atoms with Crippen molar-refractivity contribution in [1.82, 2.24) is 4.72 Å². The molecule has 1 amide bonds. The van der Waals surface area contributed by atoms with Crippen molar-refractivity contribution < 1.29 is 17.6 Å². The normalized spacial score (nSPS) is 12.4. The molecular formula is C11H16FN3O3S. The van der Waals surface area contributed by atoms with Gasteiger partial charge in [0, 0.05) is 5.69 Å². The minimum atomic E-state index is -4.24. The Morgan fingerprint density at radius 1 is 1.37 bits per heavy atom. The van der Waals surface area contributed by atoms with Gasteiger partial charge in [0.1, 0.15) is 16.3 Å². The van der Waals surface area contributed by atoms with Crippen molar-refractivity contribution in [3.8, 4) is 0 Å². The van der Waals surface area contributed by atoms with E-state index in [9.17, 15) is 17.6 Å². The first kappa shape index (κ1) is 15.4. The molecule has 6 nitrogen and oxygen atoms in total. The Labute approximate surface area is 111 Å². The number of aryl methyl sites for hydroxylation is 1. The van der Waals surface area contributed by atoms with Gasteiger partial charge >= 0.3 is 0 Å². The molecule has 0 bridgehead atoms. The van der Waals surface area contributed by atoms with Gasteiger partial charge in [0.05, 0.1) is 0 Å². The summed E-state index contributed by atoms with van der Waals surface area (Å²) in [5.74, 6) is -1.79. The van der Waals surface area contributed by atoms with Crippen LogP contribution in [0.4, 0.5) is 10.1 Å². The van der Waals surface area contributed by atoms with Crippen molar-refractivity contribution in [2.24, 2.45) is 5.73 Å². The van der Waals surface area contributed by atoms with E-state index in [0.29, 0.717) is 0 Å². The Bertz CT molecular complexity index is 626. The number of rotatable bonds is 4. The molecule has 0 aromatic heterocycles. The average molecular weight is 289 g/mol. The summed E-state index contributed by atoms with van der Waals surface area (Å²) in [4.78, 5) is 10.5. The van der Waals surface area contributed by atoms with Gasteiger partial charge in [-0.2, -0.15) is 4.72 Å². The zero-order valence-corrected chi connectivity index (χ0v) is 11.6. The van der Waals surface area contributed by atoms with Crippen LogP contribution in [0.15, 0.2) is 17.0 Å². The number of nitrogen functional groups attached to an aromatic ring is 1. The van der Waals surface area contributed by atoms with E-state index >= 15 is 0 Å². The standard InChI is InChI=1S/C11H16FN3O3S/c1-6-4-7(13)5-8(9(6)12)19(17,18)15-11(2,3)10(14)16/h4-5,15H,13H2,1-3H3,(H2,14,16). The van der Waals surface area contributed by atoms with E-state index < -0.39 is 32.2 Å². The molecule has 0 aliphatic carbocycles. The van der Waals surface area contributed by atoms with Crippen molar-refractivity contribution in [3.63, 3.8) is 0 Å². The van der Waals surface area contributed by atoms with Gasteiger partial charge in [0.25, 0.3) is 0 Å². The maximum Gasteiger partial charge on any atom is 0.244 e. The van der Waals surface area contributed by atoms with Crippen LogP contribution in [0.3, 0.4) is 0 Å². The van der Waals surface area contributed by atoms with E-state index in [4.69, 9.17) is 11.5 Å². The fourth-order valence-corrected chi connectivity index (χ4v) is 2.97. The van der Waals surface area contributed by atoms with Gasteiger partial charge in [0.15, 0.2) is 0 Å². The predicted molar refractivity (Wildman–Crippen MR) is 69.1 cm³/mol. The molecule has 0 fully saturated rings. The van der Waals surface area contributed by atoms with Gasteiger partial charge in [-0.25, -0.2) is 12.8 Å². The lowest BCUT2D eigenvalue weighted by molar-refractivity contribution is -0.122. The predicted octanol–water partition coefficient (Wildman–Crippen LogP) is 0.259. The number of hydrogen-bond donors (Lipinski definition) is 3. The number of sulfonamides is 1. The summed E-state index contributed by atoms with van der Waals surface area (Å²) >= 11 is 0. The molecule has 1 aromatic rings. The molecule has 1 rings (SSSR count). The second-order valence-corrected chi connectivity index (χ2v) is 6.40. The molecule has 8 heteroatoms. The number of halogens is 1. The molecule has 106 valence electrons. The van der Waals surface area contributed by atoms with Crippen molar-refractivity contribution in [1.29, 1.82) is 0 Å². The summed E-state index contributed by atoms with van der Waals surface area (Å²) in [6.07, 6.45) is 0. The van der Waals surface area contributed by atoms with E-state index in [-0.39, 0.29) is 11.3 Å². The Morgan fingerprint density at radius 3 is 2.37 bits per heavy atom. The number of carbonyl (C=O) groups excluding carboxylic acids is 1. The molecule has 0 aliphatic rings. The maximum absolute atomic E-state index is 13.9. The summed E-state index contributed by atoms with van der Waals surface area (Å²) in [5, 5.41) is 0. The van der Waals surface area contributed by atoms with Gasteiger partial charge in [-0.3, -0.25) is 4.79 Å². The first-order valence-corrected chi connectivity index (χ1v) is 6.85. The van der Waals surface area contributed by atoms with Crippen LogP contribution in [0.2, 0.25) is 0 Å². The Balaban J connectivity index is 3.33. The first-order valence-electron chi connectivity index (χ1n) is 5.37. The summed E-state index contributed by atoms with van der Waals surface area (Å²) in [7, 11) is -4.24. The van der Waals surface area contributed by atoms with Crippen LogP contribution in [-0.2, 0) is 14.8 Å². The smallest absolute Gasteiger partial charge is 0.244 e. The molecule has 0 heterocycles. The van der Waals surface area contributed by atoms with Gasteiger partial charge in [-0.15, -0.1) is 0 Å². The first-order chi connectivity index (χ1) is 8.47. The number of hydrogen-bond acceptors (Lipinski definition) is 4. The molecule has 1 aromatic carbocycles. The van der Waals surface area contributed by atoms with Crippen LogP contribution in [0.25, 0.3) is 0 Å². The zero-order chi connectivity index (χ0) is 15.0. The molecule has 0 saturated heterocycles. The van der Waals surface area contributed by atoms with Crippen molar-refractivity contribution in [3.05, 3.63) is 23.5 Å². The molecule has 0 aliphatic heterocycles. The van der Waals surface area contributed by atoms with Crippen molar-refractivity contribution in [2.45, 2.75) is 31.2 Å². The van der Waals surface area contributed by atoms with Gasteiger partial charge in [-0.05, 0) is 38.5 Å². The number of primary amides is 1. The summed E-state index contributed by atoms with van der Waals surface area (Å²) in [6, 6.07) is 2.30. The Morgan fingerprint density at radius 2 is 1.89 bits per heavy atom. The number of carbonyl (C=O) groups is 1. The van der Waals surface area contributed by atoms with Gasteiger partial charge in [0.2, 0.25) is 15.9 Å². The quantitative estimate of drug-likeness (QED) is 0.689. The van der Waals surface area contributed by atoms with Crippen LogP contribution in [0.1, 0.15) is 19.4 Å². The Hall–Kier alpha value is -1.67. The summed E-state index contributed by atoms with van der Waals surface area (Å²) in [5.41, 5.74) is 9.23. The number of nitrogens with two attached hydrogens (primary N) is 2. The molecule has 19 heavy (non-hydrogen) atoms. The molecule has 0 radical (unpaired) electrons. The molecule has 5 N–H and O–H groups in total. The molecule has 0 spiro atoms. The third-order valence-electron chi connectivity index (χ3n) is 2.54. The molecular weight excluding hydrogens is 273 g/mol. The van der Waals surface area contributed by atoms with Gasteiger partial charge < -0.3 is 11.5 Å². The van der Waals surface area contributed by atoms with Crippen LogP contribution in [0.5, 0.6) is 0 Å². The van der Waals surface area contributed by atoms with E-state index in [1.165, 1.54) is 26.8 Å². The van der Waals surface area contributed by atoms with Crippen LogP contribution < -0.4 is 16.2 Å². The zero-order valence-electron chi connectivity index (χ0n) is 10.8. The molecule has 0 atom stereocenters. The van der Waals surface area contributed by atoms with Crippen LogP contribution >= 0.6 is 0 Å². The minimum Gasteiger partial charge on any atom is -0.399 e. The number of nitrogens with one attached hydrogen (secondary N) is 1. The van der Waals surface area contributed by atoms with E-state index in [1.807, 2.05) is 4.72 Å². The summed E-state index contributed by atoms with van der Waals surface area (Å²) in [6.45, 7) is 3.96. The monoisotopic (exact) mass is 289 g/mol. The highest BCUT2D eigenvalue weighted by molar-refractivity contribution is 7.89. The molecule has 0 unspecified atom stereocenters. The number of anilines is 1. The van der Waals surface area contributed by atoms with Crippen molar-refractivity contribution >= 4 is 21.6 Å². The van der Waals surface area contributed by atoms with E-state index in [1.54, 1.807) is 0 Å². The fraction of sp³-hybridized carbons (Fsp3) is 0.364. The lowest BCUT2D eigenvalue weighted by Gasteiger charge is -2.22. The highest BCUT2D eigenvalue weighted by atomic mass is 32.2. The maximum atomic E-state index is 13.9. The summed E-state index contributed by atoms with van der Waals surface area (Å²) < 4.78 is 40.0. The van der Waals surface area contributed by atoms with E-state index in [2.05, 4.69) is 0 Å². The van der Waals surface area contributed by atoms with Crippen LogP contribution in [-0.4, -0.2) is 19.9 Å². The topological polar surface area (TPSA) is 115 Å². The largest absolute Gasteiger partial charge is 0.399 e. The molecule has 0 saturated carbocycles. The fourth-order valence-electron chi connectivity index (χ4n) is 1.40. The number of benzene rings is 1. The highest BCUT2D eigenvalue weighted by Gasteiger charge is 2.33. The van der Waals surface area contributed by atoms with Crippen LogP contribution in [0, 0.1) is 12.7 Å². The van der Waals surface area contributed by atoms with Gasteiger partial charge in [-0.1, -0.05) is 0 Å². The second-order valence-electron chi connectivity index (χ2n) is 4.74. The van der Waals surface area contributed by atoms with Crippen molar-refractivity contribution in [2.75, 3.05) is 5.73 Å². The van der Waals surface area contributed by atoms with E-state index in [0.717, 1.165) is 6.07 Å². The third-order valence-corrected chi connectivity index (χ3v) is 4.19. The SMILES string of the molecule is Cc1cc(N)cc(S(=O)(=O)NC(C)(C)C(N)=O)c1F. The number of amides is 1. The lowest BCUT2D eigenvalue weighted by Crippen LogP contribution is -2.52. The third kappa shape index (κ3) is 3.21. The lowest BCUT2D eigenvalue weighted by atomic mass is 10.1. The minimum absolute atomic E-state index is 0.0947. The average Bonchev–Trinajstić information content (AvgIpc) is 2.21. The second kappa shape index (κ2) is 4.78. The highest BCUT2D eigenvalue weighted by Crippen LogP contribution is 2.22.